The number of urea groups is 1. The van der Waals surface area contributed by atoms with Gasteiger partial charge in [0, 0.05) is 19.1 Å². The van der Waals surface area contributed by atoms with Gasteiger partial charge in [-0.25, -0.2) is 17.9 Å². The van der Waals surface area contributed by atoms with Gasteiger partial charge in [-0.3, -0.25) is 15.0 Å². The minimum Gasteiger partial charge on any atom is -0.336 e. The van der Waals surface area contributed by atoms with E-state index in [1.54, 1.807) is 31.2 Å². The molecule has 1 aliphatic rings. The maximum absolute atomic E-state index is 12.5. The highest BCUT2D eigenvalue weighted by Gasteiger charge is 2.29. The highest BCUT2D eigenvalue weighted by molar-refractivity contribution is 7.89. The van der Waals surface area contributed by atoms with E-state index >= 15 is 0 Å². The van der Waals surface area contributed by atoms with Crippen LogP contribution in [-0.4, -0.2) is 57.0 Å². The zero-order valence-electron chi connectivity index (χ0n) is 17.6. The van der Waals surface area contributed by atoms with E-state index in [0.29, 0.717) is 13.1 Å². The van der Waals surface area contributed by atoms with Crippen molar-refractivity contribution in [2.75, 3.05) is 19.6 Å². The number of sulfonamides is 1. The van der Waals surface area contributed by atoms with Crippen LogP contribution in [0.25, 0.3) is 0 Å². The lowest BCUT2D eigenvalue weighted by molar-refractivity contribution is -0.125. The number of piperidine rings is 1. The lowest BCUT2D eigenvalue weighted by Gasteiger charge is -2.36. The topological polar surface area (TPSA) is 108 Å². The summed E-state index contributed by atoms with van der Waals surface area (Å²) in [6.45, 7) is 8.95. The number of carbonyl (C=O) groups is 2. The molecule has 3 N–H and O–H groups in total. The Hall–Kier alpha value is -1.97. The van der Waals surface area contributed by atoms with Gasteiger partial charge in [0.1, 0.15) is 0 Å². The van der Waals surface area contributed by atoms with Crippen LogP contribution in [0.1, 0.15) is 39.2 Å². The molecule has 1 saturated heterocycles. The monoisotopic (exact) mass is 424 g/mol. The van der Waals surface area contributed by atoms with E-state index in [9.17, 15) is 18.0 Å². The highest BCUT2D eigenvalue weighted by Crippen LogP contribution is 2.19. The third-order valence-corrected chi connectivity index (χ3v) is 6.47. The van der Waals surface area contributed by atoms with Gasteiger partial charge in [0.15, 0.2) is 0 Å². The SMILES string of the molecule is Cc1ccc(S(=O)(=O)NCC2CCCN(C(C)C(=O)NC(=O)NC(C)C)C2)cc1. The predicted molar refractivity (Wildman–Crippen MR) is 112 cm³/mol. The molecule has 1 aliphatic heterocycles. The summed E-state index contributed by atoms with van der Waals surface area (Å²) in [7, 11) is -3.56. The molecule has 0 bridgehead atoms. The third-order valence-electron chi connectivity index (χ3n) is 5.03. The van der Waals surface area contributed by atoms with Gasteiger partial charge >= 0.3 is 6.03 Å². The minimum absolute atomic E-state index is 0.0565. The Bertz CT molecular complexity index is 808. The van der Waals surface area contributed by atoms with Crippen molar-refractivity contribution in [1.29, 1.82) is 0 Å². The first kappa shape index (κ1) is 23.3. The van der Waals surface area contributed by atoms with Crippen molar-refractivity contribution >= 4 is 22.0 Å². The fourth-order valence-electron chi connectivity index (χ4n) is 3.32. The molecule has 2 rings (SSSR count). The average Bonchev–Trinajstić information content (AvgIpc) is 2.65. The van der Waals surface area contributed by atoms with Crippen LogP contribution in [0.5, 0.6) is 0 Å². The van der Waals surface area contributed by atoms with Crippen LogP contribution in [-0.2, 0) is 14.8 Å². The van der Waals surface area contributed by atoms with Crippen molar-refractivity contribution in [3.8, 4) is 0 Å². The summed E-state index contributed by atoms with van der Waals surface area (Å²) < 4.78 is 27.7. The number of hydrogen-bond acceptors (Lipinski definition) is 5. The summed E-state index contributed by atoms with van der Waals surface area (Å²) in [6.07, 6.45) is 1.75. The summed E-state index contributed by atoms with van der Waals surface area (Å²) in [5, 5.41) is 4.99. The number of rotatable bonds is 7. The molecule has 1 aromatic rings. The average molecular weight is 425 g/mol. The maximum Gasteiger partial charge on any atom is 0.321 e. The van der Waals surface area contributed by atoms with Crippen molar-refractivity contribution < 1.29 is 18.0 Å². The molecule has 0 aliphatic carbocycles. The van der Waals surface area contributed by atoms with E-state index in [1.165, 1.54) is 0 Å². The van der Waals surface area contributed by atoms with Gasteiger partial charge in [-0.2, -0.15) is 0 Å². The molecule has 8 nitrogen and oxygen atoms in total. The lowest BCUT2D eigenvalue weighted by atomic mass is 9.97. The molecule has 0 radical (unpaired) electrons. The molecular formula is C20H32N4O4S. The number of aryl methyl sites for hydroxylation is 1. The van der Waals surface area contributed by atoms with Gasteiger partial charge in [-0.1, -0.05) is 17.7 Å². The fraction of sp³-hybridized carbons (Fsp3) is 0.600. The van der Waals surface area contributed by atoms with Gasteiger partial charge in [0.2, 0.25) is 15.9 Å². The molecule has 0 saturated carbocycles. The Morgan fingerprint density at radius 1 is 1.17 bits per heavy atom. The van der Waals surface area contributed by atoms with Crippen LogP contribution in [0.2, 0.25) is 0 Å². The Morgan fingerprint density at radius 3 is 2.45 bits per heavy atom. The number of benzene rings is 1. The number of hydrogen-bond donors (Lipinski definition) is 3. The van der Waals surface area contributed by atoms with Crippen molar-refractivity contribution in [2.24, 2.45) is 5.92 Å². The second-order valence-electron chi connectivity index (χ2n) is 7.96. The number of imide groups is 1. The molecule has 1 heterocycles. The third kappa shape index (κ3) is 7.09. The zero-order chi connectivity index (χ0) is 21.6. The number of likely N-dealkylation sites (tertiary alicyclic amines) is 1. The summed E-state index contributed by atoms with van der Waals surface area (Å²) in [4.78, 5) is 26.3. The maximum atomic E-state index is 12.5. The van der Waals surface area contributed by atoms with Crippen LogP contribution in [0.4, 0.5) is 4.79 Å². The summed E-state index contributed by atoms with van der Waals surface area (Å²) in [5.41, 5.74) is 1.00. The van der Waals surface area contributed by atoms with E-state index < -0.39 is 22.1 Å². The van der Waals surface area contributed by atoms with Crippen molar-refractivity contribution in [3.63, 3.8) is 0 Å². The molecule has 1 fully saturated rings. The zero-order valence-corrected chi connectivity index (χ0v) is 18.4. The molecule has 162 valence electrons. The standard InChI is InChI=1S/C20H32N4O4S/c1-14(2)22-20(26)23-19(25)16(4)24-11-5-6-17(13-24)12-21-29(27,28)18-9-7-15(3)8-10-18/h7-10,14,16-17,21H,5-6,11-13H2,1-4H3,(H2,22,23,25,26). The van der Waals surface area contributed by atoms with Gasteiger partial charge in [0.25, 0.3) is 0 Å². The number of nitrogens with one attached hydrogen (secondary N) is 3. The van der Waals surface area contributed by atoms with Crippen molar-refractivity contribution in [2.45, 2.75) is 57.5 Å². The van der Waals surface area contributed by atoms with Gasteiger partial charge in [0.05, 0.1) is 10.9 Å². The molecule has 2 unspecified atom stereocenters. The van der Waals surface area contributed by atoms with E-state index in [4.69, 9.17) is 0 Å². The molecule has 29 heavy (non-hydrogen) atoms. The van der Waals surface area contributed by atoms with E-state index in [1.807, 2.05) is 25.7 Å². The molecule has 1 aromatic carbocycles. The van der Waals surface area contributed by atoms with Crippen molar-refractivity contribution in [3.05, 3.63) is 29.8 Å². The molecule has 2 atom stereocenters. The van der Waals surface area contributed by atoms with Crippen molar-refractivity contribution in [1.82, 2.24) is 20.3 Å². The quantitative estimate of drug-likeness (QED) is 0.616. The van der Waals surface area contributed by atoms with E-state index in [0.717, 1.165) is 24.9 Å². The molecule has 9 heteroatoms. The van der Waals surface area contributed by atoms with Gasteiger partial charge in [-0.05, 0) is 65.1 Å². The second kappa shape index (κ2) is 10.2. The summed E-state index contributed by atoms with van der Waals surface area (Å²) >= 11 is 0. The lowest BCUT2D eigenvalue weighted by Crippen LogP contribution is -2.53. The number of amides is 3. The van der Waals surface area contributed by atoms with Crippen LogP contribution < -0.4 is 15.4 Å². The molecule has 0 spiro atoms. The first-order valence-corrected chi connectivity index (χ1v) is 11.5. The number of nitrogens with zero attached hydrogens (tertiary/aromatic N) is 1. The molecular weight excluding hydrogens is 392 g/mol. The fourth-order valence-corrected chi connectivity index (χ4v) is 4.44. The first-order valence-electron chi connectivity index (χ1n) is 10.00. The Morgan fingerprint density at radius 2 is 1.83 bits per heavy atom. The summed E-state index contributed by atoms with van der Waals surface area (Å²) in [6, 6.07) is 5.71. The summed E-state index contributed by atoms with van der Waals surface area (Å²) in [5.74, 6) is -0.257. The first-order chi connectivity index (χ1) is 13.6. The van der Waals surface area contributed by atoms with Gasteiger partial charge in [-0.15, -0.1) is 0 Å². The largest absolute Gasteiger partial charge is 0.336 e. The molecule has 0 aromatic heterocycles. The second-order valence-corrected chi connectivity index (χ2v) is 9.73. The smallest absolute Gasteiger partial charge is 0.321 e. The minimum atomic E-state index is -3.56. The Balaban J connectivity index is 1.89. The van der Waals surface area contributed by atoms with Crippen LogP contribution in [0.3, 0.4) is 0 Å². The van der Waals surface area contributed by atoms with E-state index in [2.05, 4.69) is 15.4 Å². The van der Waals surface area contributed by atoms with Crippen LogP contribution in [0.15, 0.2) is 29.2 Å². The van der Waals surface area contributed by atoms with Gasteiger partial charge < -0.3 is 5.32 Å². The van der Waals surface area contributed by atoms with E-state index in [-0.39, 0.29) is 22.8 Å². The van der Waals surface area contributed by atoms with Crippen LogP contribution in [0, 0.1) is 12.8 Å². The highest BCUT2D eigenvalue weighted by atomic mass is 32.2. The predicted octanol–water partition coefficient (Wildman–Crippen LogP) is 1.61. The normalized spacial score (nSPS) is 19.0. The Labute approximate surface area is 173 Å². The Kier molecular flexibility index (Phi) is 8.18. The molecule has 3 amide bonds. The number of carbonyl (C=O) groups excluding carboxylic acids is 2. The van der Waals surface area contributed by atoms with Crippen LogP contribution >= 0.6 is 0 Å².